The van der Waals surface area contributed by atoms with Crippen LogP contribution in [0.1, 0.15) is 11.1 Å². The molecule has 2 rings (SSSR count). The summed E-state index contributed by atoms with van der Waals surface area (Å²) in [7, 11) is 1.43. The zero-order chi connectivity index (χ0) is 15.2. The summed E-state index contributed by atoms with van der Waals surface area (Å²) in [5.74, 6) is 0.520. The maximum absolute atomic E-state index is 13.6. The second-order valence-electron chi connectivity index (χ2n) is 4.55. The molecule has 0 heterocycles. The van der Waals surface area contributed by atoms with Crippen molar-refractivity contribution >= 4 is 11.6 Å². The quantitative estimate of drug-likeness (QED) is 0.887. The lowest BCUT2D eigenvalue weighted by atomic mass is 10.1. The van der Waals surface area contributed by atoms with Crippen LogP contribution in [0.4, 0.5) is 4.39 Å². The van der Waals surface area contributed by atoms with Gasteiger partial charge in [-0.15, -0.1) is 0 Å². The van der Waals surface area contributed by atoms with E-state index in [1.54, 1.807) is 24.3 Å². The van der Waals surface area contributed by atoms with Crippen molar-refractivity contribution in [1.82, 2.24) is 0 Å². The van der Waals surface area contributed by atoms with Gasteiger partial charge in [0.2, 0.25) is 0 Å². The monoisotopic (exact) mass is 309 g/mol. The van der Waals surface area contributed by atoms with E-state index in [1.807, 2.05) is 6.07 Å². The molecule has 112 valence electrons. The summed E-state index contributed by atoms with van der Waals surface area (Å²) in [4.78, 5) is 0. The first kappa shape index (κ1) is 15.6. The molecule has 2 aromatic carbocycles. The third-order valence-corrected chi connectivity index (χ3v) is 3.28. The van der Waals surface area contributed by atoms with E-state index >= 15 is 0 Å². The molecule has 0 aliphatic heterocycles. The van der Waals surface area contributed by atoms with Crippen LogP contribution in [-0.4, -0.2) is 13.7 Å². The third-order valence-electron chi connectivity index (χ3n) is 3.05. The molecule has 0 atom stereocenters. The average Bonchev–Trinajstić information content (AvgIpc) is 2.47. The molecule has 0 unspecified atom stereocenters. The smallest absolute Gasteiger partial charge is 0.165 e. The van der Waals surface area contributed by atoms with Gasteiger partial charge in [-0.1, -0.05) is 17.7 Å². The maximum atomic E-state index is 13.6. The molecule has 0 aliphatic carbocycles. The van der Waals surface area contributed by atoms with Crippen LogP contribution in [0.15, 0.2) is 36.4 Å². The van der Waals surface area contributed by atoms with Gasteiger partial charge < -0.3 is 15.2 Å². The Balaban J connectivity index is 2.10. The number of methoxy groups -OCH3 is 1. The lowest BCUT2D eigenvalue weighted by Gasteiger charge is -2.12. The zero-order valence-electron chi connectivity index (χ0n) is 11.7. The minimum Gasteiger partial charge on any atom is -0.494 e. The van der Waals surface area contributed by atoms with Gasteiger partial charge in [-0.05, 0) is 54.4 Å². The molecule has 0 saturated carbocycles. The fraction of sp³-hybridized carbons (Fsp3) is 0.250. The van der Waals surface area contributed by atoms with Crippen molar-refractivity contribution < 1.29 is 13.9 Å². The van der Waals surface area contributed by atoms with Crippen LogP contribution in [0.25, 0.3) is 0 Å². The van der Waals surface area contributed by atoms with Crippen LogP contribution < -0.4 is 15.2 Å². The Kier molecular flexibility index (Phi) is 5.42. The molecule has 2 aromatic rings. The normalized spacial score (nSPS) is 10.5. The summed E-state index contributed by atoms with van der Waals surface area (Å²) in [5, 5.41) is 0.640. The molecule has 0 spiro atoms. The number of hydrogen-bond acceptors (Lipinski definition) is 3. The van der Waals surface area contributed by atoms with Crippen molar-refractivity contribution in [3.8, 4) is 11.5 Å². The highest BCUT2D eigenvalue weighted by Gasteiger charge is 2.07. The molecule has 0 saturated heterocycles. The molecule has 0 amide bonds. The summed E-state index contributed by atoms with van der Waals surface area (Å²) >= 11 is 5.96. The molecule has 5 heteroatoms. The first-order chi connectivity index (χ1) is 10.1. The van der Waals surface area contributed by atoms with E-state index in [2.05, 4.69) is 0 Å². The predicted octanol–water partition coefficient (Wildman–Crippen LogP) is 3.57. The van der Waals surface area contributed by atoms with E-state index in [-0.39, 0.29) is 12.4 Å². The highest BCUT2D eigenvalue weighted by Crippen LogP contribution is 2.25. The highest BCUT2D eigenvalue weighted by molar-refractivity contribution is 6.30. The van der Waals surface area contributed by atoms with Crippen molar-refractivity contribution in [2.24, 2.45) is 5.73 Å². The van der Waals surface area contributed by atoms with Gasteiger partial charge in [-0.3, -0.25) is 0 Å². The van der Waals surface area contributed by atoms with Crippen LogP contribution in [-0.2, 0) is 13.0 Å². The molecular weight excluding hydrogens is 293 g/mol. The van der Waals surface area contributed by atoms with Crippen LogP contribution in [0.2, 0.25) is 5.02 Å². The summed E-state index contributed by atoms with van der Waals surface area (Å²) in [6, 6.07) is 10.1. The van der Waals surface area contributed by atoms with Gasteiger partial charge in [0.25, 0.3) is 0 Å². The molecule has 0 aliphatic rings. The second kappa shape index (κ2) is 7.29. The average molecular weight is 310 g/mol. The van der Waals surface area contributed by atoms with E-state index < -0.39 is 5.82 Å². The zero-order valence-corrected chi connectivity index (χ0v) is 12.5. The molecule has 3 nitrogen and oxygen atoms in total. The topological polar surface area (TPSA) is 44.5 Å². The van der Waals surface area contributed by atoms with Crippen LogP contribution in [0.5, 0.6) is 11.5 Å². The number of nitrogens with two attached hydrogens (primary N) is 1. The van der Waals surface area contributed by atoms with Gasteiger partial charge in [0, 0.05) is 5.02 Å². The second-order valence-corrected chi connectivity index (χ2v) is 4.98. The summed E-state index contributed by atoms with van der Waals surface area (Å²) < 4.78 is 24.2. The maximum Gasteiger partial charge on any atom is 0.165 e. The standard InChI is InChI=1S/C16H17ClFNO2/c1-20-16-4-2-11(8-14(16)18)10-21-15-5-3-13(17)9-12(15)6-7-19/h2-5,8-9H,6-7,10,19H2,1H3. The van der Waals surface area contributed by atoms with Gasteiger partial charge >= 0.3 is 0 Å². The Bertz CT molecular complexity index is 619. The van der Waals surface area contributed by atoms with E-state index in [0.29, 0.717) is 23.7 Å². The SMILES string of the molecule is COc1ccc(COc2ccc(Cl)cc2CCN)cc1F. The van der Waals surface area contributed by atoms with Crippen molar-refractivity contribution in [2.75, 3.05) is 13.7 Å². The fourth-order valence-corrected chi connectivity index (χ4v) is 2.20. The first-order valence-electron chi connectivity index (χ1n) is 6.57. The highest BCUT2D eigenvalue weighted by atomic mass is 35.5. The van der Waals surface area contributed by atoms with Gasteiger partial charge in [-0.2, -0.15) is 0 Å². The predicted molar refractivity (Wildman–Crippen MR) is 81.5 cm³/mol. The minimum absolute atomic E-state index is 0.217. The van der Waals surface area contributed by atoms with Crippen LogP contribution in [0.3, 0.4) is 0 Å². The Morgan fingerprint density at radius 2 is 1.90 bits per heavy atom. The Labute approximate surface area is 128 Å². The molecule has 2 N–H and O–H groups in total. The van der Waals surface area contributed by atoms with Gasteiger partial charge in [0.15, 0.2) is 11.6 Å². The number of halogens is 2. The van der Waals surface area contributed by atoms with E-state index in [9.17, 15) is 4.39 Å². The summed E-state index contributed by atoms with van der Waals surface area (Å²) in [5.41, 5.74) is 7.24. The molecule has 0 fully saturated rings. The van der Waals surface area contributed by atoms with Crippen LogP contribution >= 0.6 is 11.6 Å². The van der Waals surface area contributed by atoms with E-state index in [1.165, 1.54) is 13.2 Å². The molecule has 21 heavy (non-hydrogen) atoms. The Hall–Kier alpha value is -1.78. The molecular formula is C16H17ClFNO2. The summed E-state index contributed by atoms with van der Waals surface area (Å²) in [6.07, 6.45) is 0.673. The van der Waals surface area contributed by atoms with Gasteiger partial charge in [-0.25, -0.2) is 4.39 Å². The van der Waals surface area contributed by atoms with Gasteiger partial charge in [0.05, 0.1) is 7.11 Å². The van der Waals surface area contributed by atoms with E-state index in [4.69, 9.17) is 26.8 Å². The summed E-state index contributed by atoms with van der Waals surface area (Å²) in [6.45, 7) is 0.772. The van der Waals surface area contributed by atoms with Crippen molar-refractivity contribution in [3.63, 3.8) is 0 Å². The number of rotatable bonds is 6. The number of benzene rings is 2. The van der Waals surface area contributed by atoms with E-state index in [0.717, 1.165) is 11.1 Å². The van der Waals surface area contributed by atoms with Crippen molar-refractivity contribution in [1.29, 1.82) is 0 Å². The van der Waals surface area contributed by atoms with Gasteiger partial charge in [0.1, 0.15) is 12.4 Å². The third kappa shape index (κ3) is 4.09. The molecule has 0 aromatic heterocycles. The van der Waals surface area contributed by atoms with Crippen molar-refractivity contribution in [2.45, 2.75) is 13.0 Å². The minimum atomic E-state index is -0.406. The van der Waals surface area contributed by atoms with Crippen molar-refractivity contribution in [3.05, 3.63) is 58.4 Å². The fourth-order valence-electron chi connectivity index (χ4n) is 2.00. The largest absolute Gasteiger partial charge is 0.494 e. The lowest BCUT2D eigenvalue weighted by molar-refractivity contribution is 0.301. The Morgan fingerprint density at radius 1 is 1.14 bits per heavy atom. The van der Waals surface area contributed by atoms with Crippen LogP contribution in [0, 0.1) is 5.82 Å². The lowest BCUT2D eigenvalue weighted by Crippen LogP contribution is -2.05. The number of ether oxygens (including phenoxy) is 2. The number of hydrogen-bond donors (Lipinski definition) is 1. The first-order valence-corrected chi connectivity index (χ1v) is 6.95. The molecule has 0 bridgehead atoms. The Morgan fingerprint density at radius 3 is 2.57 bits per heavy atom. The molecule has 0 radical (unpaired) electrons.